The van der Waals surface area contributed by atoms with E-state index in [4.69, 9.17) is 21.1 Å². The number of fused-ring (bicyclic) bond motifs is 1. The molecule has 2 aliphatic heterocycles. The van der Waals surface area contributed by atoms with Crippen LogP contribution in [0.2, 0.25) is 5.02 Å². The third-order valence-electron chi connectivity index (χ3n) is 4.91. The van der Waals surface area contributed by atoms with Gasteiger partial charge in [-0.15, -0.1) is 0 Å². The van der Waals surface area contributed by atoms with Gasteiger partial charge in [0.2, 0.25) is 5.91 Å². The maximum Gasteiger partial charge on any atom is 0.263 e. The number of hydrogen-bond acceptors (Lipinski definition) is 8. The van der Waals surface area contributed by atoms with E-state index in [9.17, 15) is 14.4 Å². The molecule has 0 aliphatic carbocycles. The number of halogens is 1. The zero-order chi connectivity index (χ0) is 22.1. The van der Waals surface area contributed by atoms with Crippen LogP contribution in [0.4, 0.5) is 11.4 Å². The second kappa shape index (κ2) is 8.23. The topological polar surface area (TPSA) is 113 Å². The molecule has 160 valence electrons. The van der Waals surface area contributed by atoms with Crippen molar-refractivity contribution in [3.8, 4) is 11.5 Å². The maximum atomic E-state index is 13.0. The fraction of sp³-hybridized carbons (Fsp3) is 0.250. The molecule has 3 amide bonds. The molecule has 31 heavy (non-hydrogen) atoms. The van der Waals surface area contributed by atoms with Crippen LogP contribution in [0, 0.1) is 0 Å². The fourth-order valence-electron chi connectivity index (χ4n) is 3.45. The first kappa shape index (κ1) is 20.6. The average Bonchev–Trinajstić information content (AvgIpc) is 3.27. The first-order valence-electron chi connectivity index (χ1n) is 9.25. The first-order chi connectivity index (χ1) is 14.9. The van der Waals surface area contributed by atoms with Gasteiger partial charge in [-0.3, -0.25) is 19.4 Å². The number of benzene rings is 2. The zero-order valence-electron chi connectivity index (χ0n) is 16.6. The minimum absolute atomic E-state index is 0.252. The number of methoxy groups -OCH3 is 2. The van der Waals surface area contributed by atoms with Gasteiger partial charge in [0.25, 0.3) is 11.8 Å². The van der Waals surface area contributed by atoms with Crippen LogP contribution in [-0.2, 0) is 14.4 Å². The van der Waals surface area contributed by atoms with Crippen LogP contribution in [0.15, 0.2) is 52.8 Å². The monoisotopic (exact) mass is 443 g/mol. The number of hydrogen-bond donors (Lipinski definition) is 1. The number of rotatable bonds is 6. The van der Waals surface area contributed by atoms with Gasteiger partial charge in [-0.25, -0.2) is 4.90 Å². The predicted octanol–water partition coefficient (Wildman–Crippen LogP) is 2.29. The predicted molar refractivity (Wildman–Crippen MR) is 111 cm³/mol. The van der Waals surface area contributed by atoms with Gasteiger partial charge in [-0.2, -0.15) is 5.11 Å². The van der Waals surface area contributed by atoms with E-state index < -0.39 is 29.8 Å². The van der Waals surface area contributed by atoms with Crippen LogP contribution in [-0.4, -0.2) is 55.6 Å². The molecule has 2 aromatic rings. The highest BCUT2D eigenvalue weighted by Gasteiger charge is 2.55. The van der Waals surface area contributed by atoms with E-state index in [1.807, 2.05) is 0 Å². The summed E-state index contributed by atoms with van der Waals surface area (Å²) in [5.41, 5.74) is 0.826. The highest BCUT2D eigenvalue weighted by molar-refractivity contribution is 6.33. The van der Waals surface area contributed by atoms with Crippen molar-refractivity contribution in [2.24, 2.45) is 10.3 Å². The second-order valence-electron chi connectivity index (χ2n) is 6.80. The van der Waals surface area contributed by atoms with E-state index in [1.54, 1.807) is 36.4 Å². The standard InChI is InChI=1S/C20H18ClN5O5/c1-30-13-5-3-4-11(8-13)22-16(27)10-25-18-17(23-24-25)19(28)26(20(18)29)12-6-7-15(31-2)14(21)9-12/h3-9,17-18H,10H2,1-2H3,(H,22,27). The van der Waals surface area contributed by atoms with Gasteiger partial charge in [-0.1, -0.05) is 22.9 Å². The van der Waals surface area contributed by atoms with E-state index in [0.717, 1.165) is 4.90 Å². The Labute approximate surface area is 182 Å². The van der Waals surface area contributed by atoms with E-state index in [0.29, 0.717) is 22.9 Å². The molecule has 1 N–H and O–H groups in total. The van der Waals surface area contributed by atoms with Gasteiger partial charge in [-0.05, 0) is 30.3 Å². The minimum atomic E-state index is -1.02. The Hall–Kier alpha value is -3.66. The number of ether oxygens (including phenoxy) is 2. The SMILES string of the molecule is COc1cccc(NC(=O)CN2N=NC3C(=O)N(c4ccc(OC)c(Cl)c4)C(=O)C32)c1. The summed E-state index contributed by atoms with van der Waals surface area (Å²) in [4.78, 5) is 39.3. The first-order valence-corrected chi connectivity index (χ1v) is 9.63. The number of amides is 3. The molecular weight excluding hydrogens is 426 g/mol. The van der Waals surface area contributed by atoms with Crippen LogP contribution in [0.5, 0.6) is 11.5 Å². The van der Waals surface area contributed by atoms with Crippen molar-refractivity contribution >= 4 is 40.7 Å². The lowest BCUT2D eigenvalue weighted by Crippen LogP contribution is -2.43. The summed E-state index contributed by atoms with van der Waals surface area (Å²) in [5, 5.41) is 12.0. The Morgan fingerprint density at radius 3 is 2.65 bits per heavy atom. The Morgan fingerprint density at radius 1 is 1.13 bits per heavy atom. The van der Waals surface area contributed by atoms with E-state index in [2.05, 4.69) is 15.7 Å². The Balaban J connectivity index is 1.49. The van der Waals surface area contributed by atoms with Gasteiger partial charge in [0.15, 0.2) is 12.1 Å². The minimum Gasteiger partial charge on any atom is -0.497 e. The molecule has 2 atom stereocenters. The fourth-order valence-corrected chi connectivity index (χ4v) is 3.70. The molecule has 2 unspecified atom stereocenters. The molecule has 1 saturated heterocycles. The molecule has 0 saturated carbocycles. The third-order valence-corrected chi connectivity index (χ3v) is 5.21. The van der Waals surface area contributed by atoms with Crippen LogP contribution < -0.4 is 19.7 Å². The molecule has 2 aromatic carbocycles. The summed E-state index contributed by atoms with van der Waals surface area (Å²) in [6.45, 7) is -0.252. The molecule has 0 spiro atoms. The van der Waals surface area contributed by atoms with Crippen LogP contribution in [0.25, 0.3) is 0 Å². The summed E-state index contributed by atoms with van der Waals surface area (Å²) >= 11 is 6.13. The molecule has 10 nitrogen and oxygen atoms in total. The van der Waals surface area contributed by atoms with Gasteiger partial charge in [0, 0.05) is 11.8 Å². The summed E-state index contributed by atoms with van der Waals surface area (Å²) in [7, 11) is 2.99. The van der Waals surface area contributed by atoms with Crippen molar-refractivity contribution in [3.05, 3.63) is 47.5 Å². The lowest BCUT2D eigenvalue weighted by atomic mass is 10.1. The van der Waals surface area contributed by atoms with Crippen molar-refractivity contribution in [3.63, 3.8) is 0 Å². The molecule has 0 bridgehead atoms. The number of carbonyl (C=O) groups excluding carboxylic acids is 3. The number of nitrogens with zero attached hydrogens (tertiary/aromatic N) is 4. The van der Waals surface area contributed by atoms with E-state index in [-0.39, 0.29) is 11.6 Å². The Bertz CT molecular complexity index is 1090. The number of nitrogens with one attached hydrogen (secondary N) is 1. The normalized spacial score (nSPS) is 19.6. The zero-order valence-corrected chi connectivity index (χ0v) is 17.4. The molecule has 1 fully saturated rings. The molecule has 0 aromatic heterocycles. The molecule has 11 heteroatoms. The van der Waals surface area contributed by atoms with Gasteiger partial charge < -0.3 is 14.8 Å². The largest absolute Gasteiger partial charge is 0.497 e. The third kappa shape index (κ3) is 3.77. The maximum absolute atomic E-state index is 13.0. The van der Waals surface area contributed by atoms with Gasteiger partial charge in [0.1, 0.15) is 18.0 Å². The second-order valence-corrected chi connectivity index (χ2v) is 7.21. The van der Waals surface area contributed by atoms with Crippen molar-refractivity contribution in [1.82, 2.24) is 5.01 Å². The summed E-state index contributed by atoms with van der Waals surface area (Å²) in [6.07, 6.45) is 0. The van der Waals surface area contributed by atoms with Crippen molar-refractivity contribution < 1.29 is 23.9 Å². The molecule has 0 radical (unpaired) electrons. The van der Waals surface area contributed by atoms with E-state index >= 15 is 0 Å². The van der Waals surface area contributed by atoms with Gasteiger partial charge >= 0.3 is 0 Å². The summed E-state index contributed by atoms with van der Waals surface area (Å²) in [6, 6.07) is 9.41. The van der Waals surface area contributed by atoms with Gasteiger partial charge in [0.05, 0.1) is 24.9 Å². The van der Waals surface area contributed by atoms with Crippen LogP contribution in [0.3, 0.4) is 0 Å². The molecule has 2 aliphatic rings. The van der Waals surface area contributed by atoms with Crippen LogP contribution in [0.1, 0.15) is 0 Å². The lowest BCUT2D eigenvalue weighted by molar-refractivity contribution is -0.123. The molecule has 2 heterocycles. The highest BCUT2D eigenvalue weighted by Crippen LogP contribution is 2.35. The smallest absolute Gasteiger partial charge is 0.263 e. The lowest BCUT2D eigenvalue weighted by Gasteiger charge is -2.20. The summed E-state index contributed by atoms with van der Waals surface area (Å²) in [5.74, 6) is -0.477. The summed E-state index contributed by atoms with van der Waals surface area (Å²) < 4.78 is 10.2. The number of carbonyl (C=O) groups is 3. The number of imide groups is 1. The van der Waals surface area contributed by atoms with Crippen molar-refractivity contribution in [1.29, 1.82) is 0 Å². The molecular formula is C20H18ClN5O5. The molecule has 4 rings (SSSR count). The Morgan fingerprint density at radius 2 is 1.94 bits per heavy atom. The number of anilines is 2. The van der Waals surface area contributed by atoms with Crippen molar-refractivity contribution in [2.75, 3.05) is 31.0 Å². The Kier molecular flexibility index (Phi) is 5.47. The van der Waals surface area contributed by atoms with Crippen LogP contribution >= 0.6 is 11.6 Å². The van der Waals surface area contributed by atoms with Crippen molar-refractivity contribution in [2.45, 2.75) is 12.1 Å². The van der Waals surface area contributed by atoms with E-state index in [1.165, 1.54) is 25.3 Å². The quantitative estimate of drug-likeness (QED) is 0.685. The average molecular weight is 444 g/mol. The highest BCUT2D eigenvalue weighted by atomic mass is 35.5.